The van der Waals surface area contributed by atoms with Gasteiger partial charge in [-0.3, -0.25) is 4.79 Å². The Bertz CT molecular complexity index is 319. The fourth-order valence-electron chi connectivity index (χ4n) is 1.93. The van der Waals surface area contributed by atoms with Crippen LogP contribution in [-0.4, -0.2) is 18.8 Å². The Hall–Kier alpha value is -1.25. The van der Waals surface area contributed by atoms with E-state index in [2.05, 4.69) is 4.74 Å². The van der Waals surface area contributed by atoms with Crippen LogP contribution in [0.1, 0.15) is 0 Å². The van der Waals surface area contributed by atoms with Crippen molar-refractivity contribution in [2.75, 3.05) is 6.61 Å². The van der Waals surface area contributed by atoms with E-state index in [-0.39, 0.29) is 6.61 Å². The Morgan fingerprint density at radius 2 is 2.23 bits per heavy atom. The molecule has 1 aliphatic heterocycles. The van der Waals surface area contributed by atoms with Gasteiger partial charge in [-0.1, -0.05) is 0 Å². The fourth-order valence-corrected chi connectivity index (χ4v) is 1.93. The van der Waals surface area contributed by atoms with Crippen molar-refractivity contribution in [2.24, 2.45) is 17.3 Å². The molecule has 2 fully saturated rings. The van der Waals surface area contributed by atoms with Gasteiger partial charge in [-0.25, -0.2) is 0 Å². The largest absolute Gasteiger partial charge is 0.464 e. The van der Waals surface area contributed by atoms with Crippen LogP contribution < -0.4 is 0 Å². The van der Waals surface area contributed by atoms with Crippen LogP contribution in [0.15, 0.2) is 0 Å². The number of alkyl halides is 3. The lowest BCUT2D eigenvalue weighted by Crippen LogP contribution is -2.24. The molecule has 0 N–H and O–H groups in total. The van der Waals surface area contributed by atoms with E-state index >= 15 is 0 Å². The number of hydrogen-bond acceptors (Lipinski definition) is 3. The Morgan fingerprint density at radius 3 is 2.54 bits per heavy atom. The molecule has 0 bridgehead atoms. The number of hydrogen-bond donors (Lipinski definition) is 0. The molecule has 1 saturated carbocycles. The molecule has 1 saturated heterocycles. The molecule has 6 heteroatoms. The highest BCUT2D eigenvalue weighted by Gasteiger charge is 2.83. The number of nitrogens with zero attached hydrogens (tertiary/aromatic N) is 1. The third-order valence-corrected chi connectivity index (χ3v) is 2.64. The standard InChI is InChI=1S/C7H4F3NO2/c8-7(9,10)4-3-1-13-5(12)6(3,4)2-11/h3-4H,1H2/t3-,4-,6-/m1/s1. The van der Waals surface area contributed by atoms with E-state index in [1.165, 1.54) is 6.07 Å². The van der Waals surface area contributed by atoms with Crippen molar-refractivity contribution in [3.05, 3.63) is 0 Å². The number of esters is 1. The van der Waals surface area contributed by atoms with E-state index < -0.39 is 29.4 Å². The van der Waals surface area contributed by atoms with E-state index in [0.29, 0.717) is 0 Å². The topological polar surface area (TPSA) is 50.1 Å². The highest BCUT2D eigenvalue weighted by atomic mass is 19.4. The summed E-state index contributed by atoms with van der Waals surface area (Å²) in [6.45, 7) is -0.281. The minimum absolute atomic E-state index is 0.281. The number of ether oxygens (including phenoxy) is 1. The number of nitriles is 1. The average molecular weight is 191 g/mol. The van der Waals surface area contributed by atoms with Crippen molar-refractivity contribution in [1.29, 1.82) is 5.26 Å². The second kappa shape index (κ2) is 1.97. The van der Waals surface area contributed by atoms with Crippen LogP contribution in [0.4, 0.5) is 13.2 Å². The molecule has 3 nitrogen and oxygen atoms in total. The number of halogens is 3. The van der Waals surface area contributed by atoms with Gasteiger partial charge in [0.15, 0.2) is 5.41 Å². The lowest BCUT2D eigenvalue weighted by molar-refractivity contribution is -0.173. The minimum atomic E-state index is -4.47. The lowest BCUT2D eigenvalue weighted by Gasteiger charge is -2.09. The lowest BCUT2D eigenvalue weighted by atomic mass is 10.1. The number of cyclic esters (lactones) is 1. The molecule has 0 unspecified atom stereocenters. The predicted molar refractivity (Wildman–Crippen MR) is 32.0 cm³/mol. The first kappa shape index (κ1) is 8.35. The smallest absolute Gasteiger partial charge is 0.394 e. The molecule has 70 valence electrons. The summed E-state index contributed by atoms with van der Waals surface area (Å²) in [7, 11) is 0. The van der Waals surface area contributed by atoms with Crippen molar-refractivity contribution in [3.63, 3.8) is 0 Å². The van der Waals surface area contributed by atoms with Gasteiger partial charge in [-0.15, -0.1) is 0 Å². The van der Waals surface area contributed by atoms with Crippen LogP contribution in [0.3, 0.4) is 0 Å². The summed E-state index contributed by atoms with van der Waals surface area (Å²) in [5.74, 6) is -3.82. The molecule has 0 radical (unpaired) electrons. The van der Waals surface area contributed by atoms with Gasteiger partial charge in [-0.05, 0) is 0 Å². The summed E-state index contributed by atoms with van der Waals surface area (Å²) in [6.07, 6.45) is -4.47. The summed E-state index contributed by atoms with van der Waals surface area (Å²) in [6, 6.07) is 1.43. The maximum absolute atomic E-state index is 12.2. The number of fused-ring (bicyclic) bond motifs is 1. The van der Waals surface area contributed by atoms with Crippen LogP contribution in [0.5, 0.6) is 0 Å². The second-order valence-corrected chi connectivity index (χ2v) is 3.21. The SMILES string of the molecule is N#C[C@@]12C(=O)OC[C@@H]1[C@H]2C(F)(F)F. The second-order valence-electron chi connectivity index (χ2n) is 3.21. The van der Waals surface area contributed by atoms with Gasteiger partial charge in [0.25, 0.3) is 0 Å². The summed E-state index contributed by atoms with van der Waals surface area (Å²) >= 11 is 0. The van der Waals surface area contributed by atoms with Crippen LogP contribution in [0.25, 0.3) is 0 Å². The van der Waals surface area contributed by atoms with Crippen molar-refractivity contribution in [2.45, 2.75) is 6.18 Å². The summed E-state index contributed by atoms with van der Waals surface area (Å²) in [5.41, 5.74) is -1.92. The molecule has 0 spiro atoms. The van der Waals surface area contributed by atoms with E-state index in [1.54, 1.807) is 0 Å². The van der Waals surface area contributed by atoms with Crippen molar-refractivity contribution < 1.29 is 22.7 Å². The first-order chi connectivity index (χ1) is 5.94. The van der Waals surface area contributed by atoms with E-state index in [0.717, 1.165) is 0 Å². The maximum atomic E-state index is 12.2. The van der Waals surface area contributed by atoms with Gasteiger partial charge in [-0.2, -0.15) is 18.4 Å². The highest BCUT2D eigenvalue weighted by molar-refractivity contribution is 5.87. The van der Waals surface area contributed by atoms with Crippen molar-refractivity contribution in [1.82, 2.24) is 0 Å². The number of rotatable bonds is 0. The van der Waals surface area contributed by atoms with E-state index in [9.17, 15) is 18.0 Å². The maximum Gasteiger partial charge on any atom is 0.394 e. The predicted octanol–water partition coefficient (Wildman–Crippen LogP) is 0.861. The van der Waals surface area contributed by atoms with Crippen molar-refractivity contribution in [3.8, 4) is 6.07 Å². The van der Waals surface area contributed by atoms with Crippen molar-refractivity contribution >= 4 is 5.97 Å². The molecule has 0 aromatic heterocycles. The van der Waals surface area contributed by atoms with Gasteiger partial charge in [0.2, 0.25) is 0 Å². The zero-order chi connectivity index (χ0) is 9.85. The van der Waals surface area contributed by atoms with Gasteiger partial charge in [0.05, 0.1) is 18.6 Å². The zero-order valence-electron chi connectivity index (χ0n) is 6.26. The van der Waals surface area contributed by atoms with Crippen LogP contribution in [-0.2, 0) is 9.53 Å². The first-order valence-corrected chi connectivity index (χ1v) is 3.60. The molecule has 1 aliphatic carbocycles. The Labute approximate surface area is 71.1 Å². The molecule has 1 heterocycles. The molecular weight excluding hydrogens is 187 g/mol. The number of carbonyl (C=O) groups is 1. The van der Waals surface area contributed by atoms with Gasteiger partial charge in [0.1, 0.15) is 0 Å². The molecule has 2 aliphatic rings. The molecule has 0 amide bonds. The fraction of sp³-hybridized carbons (Fsp3) is 0.714. The van der Waals surface area contributed by atoms with Crippen LogP contribution in [0, 0.1) is 28.6 Å². The molecule has 3 atom stereocenters. The molecule has 2 rings (SSSR count). The van der Waals surface area contributed by atoms with Crippen LogP contribution >= 0.6 is 0 Å². The Morgan fingerprint density at radius 1 is 1.62 bits per heavy atom. The van der Waals surface area contributed by atoms with E-state index in [4.69, 9.17) is 5.26 Å². The Kier molecular flexibility index (Phi) is 1.27. The summed E-state index contributed by atoms with van der Waals surface area (Å²) in [5, 5.41) is 8.52. The third-order valence-electron chi connectivity index (χ3n) is 2.64. The quantitative estimate of drug-likeness (QED) is 0.533. The monoisotopic (exact) mass is 191 g/mol. The summed E-state index contributed by atoms with van der Waals surface area (Å²) < 4.78 is 41.0. The highest BCUT2D eigenvalue weighted by Crippen LogP contribution is 2.68. The van der Waals surface area contributed by atoms with Gasteiger partial charge < -0.3 is 4.74 Å². The summed E-state index contributed by atoms with van der Waals surface area (Å²) in [4.78, 5) is 10.9. The number of carbonyl (C=O) groups excluding carboxylic acids is 1. The molecular formula is C7H4F3NO2. The minimum Gasteiger partial charge on any atom is -0.464 e. The Balaban J connectivity index is 2.33. The van der Waals surface area contributed by atoms with Crippen LogP contribution in [0.2, 0.25) is 0 Å². The van der Waals surface area contributed by atoms with Gasteiger partial charge >= 0.3 is 12.1 Å². The molecule has 0 aromatic rings. The van der Waals surface area contributed by atoms with E-state index in [1.807, 2.05) is 0 Å². The molecule has 13 heavy (non-hydrogen) atoms. The normalized spacial score (nSPS) is 42.2. The average Bonchev–Trinajstić information content (AvgIpc) is 2.60. The third kappa shape index (κ3) is 0.767. The zero-order valence-corrected chi connectivity index (χ0v) is 6.26. The first-order valence-electron chi connectivity index (χ1n) is 3.60. The van der Waals surface area contributed by atoms with Gasteiger partial charge in [0, 0.05) is 5.92 Å². The molecule has 0 aromatic carbocycles.